The average molecular weight is 225 g/mol. The third-order valence-electron chi connectivity index (χ3n) is 2.89. The van der Waals surface area contributed by atoms with E-state index in [9.17, 15) is 4.79 Å². The normalized spacial score (nSPS) is 20.6. The van der Waals surface area contributed by atoms with Crippen LogP contribution in [0.3, 0.4) is 0 Å². The molecule has 1 amide bonds. The molecule has 2 N–H and O–H groups in total. The van der Waals surface area contributed by atoms with Crippen LogP contribution in [-0.4, -0.2) is 16.8 Å². The maximum Gasteiger partial charge on any atom is 0.244 e. The van der Waals surface area contributed by atoms with Crippen LogP contribution in [0.5, 0.6) is 0 Å². The highest BCUT2D eigenvalue weighted by atomic mass is 16.1. The summed E-state index contributed by atoms with van der Waals surface area (Å²) in [4.78, 5) is 17.6. The van der Waals surface area contributed by atoms with Crippen LogP contribution in [-0.2, 0) is 4.79 Å². The minimum atomic E-state index is -0.414. The first-order valence-corrected chi connectivity index (χ1v) is 5.36. The van der Waals surface area contributed by atoms with E-state index in [1.165, 1.54) is 0 Å². The van der Waals surface area contributed by atoms with Crippen molar-refractivity contribution in [2.45, 2.75) is 6.04 Å². The first-order valence-electron chi connectivity index (χ1n) is 5.36. The Hall–Kier alpha value is -2.36. The van der Waals surface area contributed by atoms with Crippen LogP contribution in [0.25, 0.3) is 6.20 Å². The van der Waals surface area contributed by atoms with Crippen molar-refractivity contribution in [3.05, 3.63) is 58.9 Å². The third-order valence-corrected chi connectivity index (χ3v) is 2.89. The van der Waals surface area contributed by atoms with Gasteiger partial charge >= 0.3 is 0 Å². The highest BCUT2D eigenvalue weighted by molar-refractivity contribution is 5.84. The summed E-state index contributed by atoms with van der Waals surface area (Å²) in [6.07, 6.45) is 7.31. The highest BCUT2D eigenvalue weighted by Gasteiger charge is 2.26. The Morgan fingerprint density at radius 2 is 2.18 bits per heavy atom. The van der Waals surface area contributed by atoms with E-state index in [4.69, 9.17) is 5.73 Å². The number of nitrogens with two attached hydrogens (primary N) is 1. The second-order valence-corrected chi connectivity index (χ2v) is 3.98. The molecule has 1 aromatic rings. The lowest BCUT2D eigenvalue weighted by molar-refractivity contribution is -0.120. The Labute approximate surface area is 98.1 Å². The van der Waals surface area contributed by atoms with Gasteiger partial charge in [0.05, 0.1) is 17.3 Å². The van der Waals surface area contributed by atoms with Crippen molar-refractivity contribution in [1.82, 2.24) is 4.90 Å². The lowest BCUT2D eigenvalue weighted by atomic mass is 10.2. The highest BCUT2D eigenvalue weighted by Crippen LogP contribution is 2.21. The molecule has 0 saturated heterocycles. The maximum atomic E-state index is 11.3. The van der Waals surface area contributed by atoms with Gasteiger partial charge in [-0.2, -0.15) is 0 Å². The van der Waals surface area contributed by atoms with Crippen LogP contribution in [0.15, 0.2) is 53.3 Å². The van der Waals surface area contributed by atoms with Crippen LogP contribution in [0.1, 0.15) is 0 Å². The van der Waals surface area contributed by atoms with E-state index in [-0.39, 0.29) is 5.91 Å². The summed E-state index contributed by atoms with van der Waals surface area (Å²) in [6.45, 7) is 0. The molecule has 1 atom stereocenters. The van der Waals surface area contributed by atoms with Gasteiger partial charge in [0.1, 0.15) is 6.04 Å². The number of carbonyl (C=O) groups excluding carboxylic acids is 1. The fraction of sp³-hybridized carbons (Fsp3) is 0.0769. The van der Waals surface area contributed by atoms with E-state index < -0.39 is 6.04 Å². The molecule has 17 heavy (non-hydrogen) atoms. The van der Waals surface area contributed by atoms with Gasteiger partial charge in [-0.15, -0.1) is 0 Å². The lowest BCUT2D eigenvalue weighted by Gasteiger charge is -2.20. The molecule has 2 heterocycles. The number of primary amides is 1. The van der Waals surface area contributed by atoms with E-state index in [1.54, 1.807) is 12.3 Å². The van der Waals surface area contributed by atoms with Gasteiger partial charge in [-0.3, -0.25) is 9.79 Å². The van der Waals surface area contributed by atoms with Gasteiger partial charge in [-0.05, 0) is 12.1 Å². The molecule has 1 aromatic carbocycles. The van der Waals surface area contributed by atoms with Crippen LogP contribution in [0.2, 0.25) is 0 Å². The van der Waals surface area contributed by atoms with Gasteiger partial charge in [0.15, 0.2) is 0 Å². The second-order valence-electron chi connectivity index (χ2n) is 3.98. The third kappa shape index (κ3) is 1.54. The Balaban J connectivity index is 2.19. The second kappa shape index (κ2) is 3.59. The molecule has 0 saturated carbocycles. The molecule has 84 valence electrons. The van der Waals surface area contributed by atoms with Crippen molar-refractivity contribution >= 4 is 12.1 Å². The summed E-state index contributed by atoms with van der Waals surface area (Å²) < 4.78 is 0. The summed E-state index contributed by atoms with van der Waals surface area (Å²) in [7, 11) is 0. The molecule has 4 heteroatoms. The molecular formula is C13H11N3O. The van der Waals surface area contributed by atoms with E-state index in [1.807, 2.05) is 41.4 Å². The molecule has 2 aliphatic heterocycles. The first kappa shape index (κ1) is 9.84. The molecule has 0 radical (unpaired) electrons. The zero-order chi connectivity index (χ0) is 11.8. The van der Waals surface area contributed by atoms with E-state index in [0.717, 1.165) is 16.3 Å². The number of allylic oxidation sites excluding steroid dienone is 1. The zero-order valence-corrected chi connectivity index (χ0v) is 9.08. The summed E-state index contributed by atoms with van der Waals surface area (Å²) in [6, 6.07) is 7.37. The number of rotatable bonds is 1. The van der Waals surface area contributed by atoms with Crippen LogP contribution in [0.4, 0.5) is 0 Å². The van der Waals surface area contributed by atoms with Crippen molar-refractivity contribution in [2.75, 3.05) is 0 Å². The van der Waals surface area contributed by atoms with Crippen molar-refractivity contribution < 1.29 is 4.79 Å². The molecule has 0 aromatic heterocycles. The molecule has 4 nitrogen and oxygen atoms in total. The molecule has 0 fully saturated rings. The number of amides is 1. The minimum absolute atomic E-state index is 0.361. The monoisotopic (exact) mass is 225 g/mol. The van der Waals surface area contributed by atoms with E-state index >= 15 is 0 Å². The standard InChI is InChI=1S/C13H11N3O/c14-13(17)12-6-5-10-7-15-11-4-2-1-3-9(11)8-16(10)12/h1-8,12H,(H2,14,17). The Morgan fingerprint density at radius 3 is 3.00 bits per heavy atom. The smallest absolute Gasteiger partial charge is 0.244 e. The van der Waals surface area contributed by atoms with Crippen molar-refractivity contribution in [2.24, 2.45) is 10.7 Å². The summed E-state index contributed by atoms with van der Waals surface area (Å²) in [5.41, 5.74) is 6.25. The van der Waals surface area contributed by atoms with Gasteiger partial charge in [0.2, 0.25) is 5.91 Å². The summed E-state index contributed by atoms with van der Waals surface area (Å²) in [5.74, 6) is -0.361. The van der Waals surface area contributed by atoms with Crippen molar-refractivity contribution in [3.63, 3.8) is 0 Å². The lowest BCUT2D eigenvalue weighted by Crippen LogP contribution is -2.38. The number of hydrogen-bond donors (Lipinski definition) is 1. The van der Waals surface area contributed by atoms with Crippen molar-refractivity contribution in [3.8, 4) is 0 Å². The molecule has 0 spiro atoms. The van der Waals surface area contributed by atoms with Crippen LogP contribution in [0, 0.1) is 0 Å². The number of hydrogen-bond acceptors (Lipinski definition) is 3. The first-order chi connectivity index (χ1) is 8.25. The predicted molar refractivity (Wildman–Crippen MR) is 63.7 cm³/mol. The molecular weight excluding hydrogens is 214 g/mol. The fourth-order valence-corrected chi connectivity index (χ4v) is 2.03. The van der Waals surface area contributed by atoms with Gasteiger partial charge in [-0.25, -0.2) is 0 Å². The average Bonchev–Trinajstić information content (AvgIpc) is 2.63. The van der Waals surface area contributed by atoms with Crippen molar-refractivity contribution in [1.29, 1.82) is 0 Å². The van der Waals surface area contributed by atoms with Crippen LogP contribution >= 0.6 is 0 Å². The maximum absolute atomic E-state index is 11.3. The number of fused-ring (bicyclic) bond motifs is 2. The van der Waals surface area contributed by atoms with E-state index in [0.29, 0.717) is 0 Å². The largest absolute Gasteiger partial charge is 0.368 e. The topological polar surface area (TPSA) is 58.7 Å². The molecule has 1 unspecified atom stereocenters. The van der Waals surface area contributed by atoms with Gasteiger partial charge < -0.3 is 10.6 Å². The Kier molecular flexibility index (Phi) is 2.08. The number of para-hydroxylation sites is 1. The fourth-order valence-electron chi connectivity index (χ4n) is 2.03. The minimum Gasteiger partial charge on any atom is -0.368 e. The van der Waals surface area contributed by atoms with Crippen LogP contribution < -0.4 is 16.3 Å². The SMILES string of the molecule is NC(=O)C1C=CC2=CN=c3ccccc3=CN21. The van der Waals surface area contributed by atoms with E-state index in [2.05, 4.69) is 4.99 Å². The van der Waals surface area contributed by atoms with Gasteiger partial charge in [0.25, 0.3) is 0 Å². The molecule has 2 aliphatic rings. The number of benzene rings is 1. The molecule has 3 rings (SSSR count). The quantitative estimate of drug-likeness (QED) is 0.708. The Bertz CT molecular complexity index is 657. The molecule has 0 bridgehead atoms. The summed E-state index contributed by atoms with van der Waals surface area (Å²) in [5, 5.41) is 1.87. The number of carbonyl (C=O) groups is 1. The predicted octanol–water partition coefficient (Wildman–Crippen LogP) is -0.375. The molecule has 0 aliphatic carbocycles. The summed E-state index contributed by atoms with van der Waals surface area (Å²) >= 11 is 0. The Morgan fingerprint density at radius 1 is 1.35 bits per heavy atom. The van der Waals surface area contributed by atoms with Gasteiger partial charge in [-0.1, -0.05) is 24.3 Å². The zero-order valence-electron chi connectivity index (χ0n) is 9.08. The number of nitrogens with zero attached hydrogens (tertiary/aromatic N) is 2. The van der Waals surface area contributed by atoms with Gasteiger partial charge in [0, 0.05) is 11.4 Å².